The molecule has 1 heterocycles. The van der Waals surface area contributed by atoms with Gasteiger partial charge in [0, 0.05) is 12.6 Å². The van der Waals surface area contributed by atoms with Crippen LogP contribution in [0.2, 0.25) is 0 Å². The second-order valence-corrected chi connectivity index (χ2v) is 5.47. The van der Waals surface area contributed by atoms with Crippen LogP contribution in [0.1, 0.15) is 33.1 Å². The van der Waals surface area contributed by atoms with Crippen molar-refractivity contribution in [3.8, 4) is 0 Å². The number of hydrogen-bond donors (Lipinski definition) is 1. The molecule has 1 N–H and O–H groups in total. The molecule has 0 aromatic heterocycles. The van der Waals surface area contributed by atoms with Crippen LogP contribution in [0.3, 0.4) is 0 Å². The summed E-state index contributed by atoms with van der Waals surface area (Å²) in [5, 5.41) is 3.45. The molecule has 100 valence electrons. The molecule has 2 atom stereocenters. The molecule has 1 saturated heterocycles. The number of esters is 1. The van der Waals surface area contributed by atoms with Crippen LogP contribution in [-0.4, -0.2) is 50.2 Å². The number of nitrogens with zero attached hydrogens (tertiary/aromatic N) is 1. The summed E-state index contributed by atoms with van der Waals surface area (Å²) in [6.07, 6.45) is 3.19. The number of carbonyl (C=O) groups is 1. The van der Waals surface area contributed by atoms with E-state index in [4.69, 9.17) is 4.74 Å². The summed E-state index contributed by atoms with van der Waals surface area (Å²) < 4.78 is 4.87. The average Bonchev–Trinajstić information content (AvgIpc) is 2.26. The van der Waals surface area contributed by atoms with Crippen LogP contribution in [0.5, 0.6) is 0 Å². The Morgan fingerprint density at radius 2 is 2.24 bits per heavy atom. The van der Waals surface area contributed by atoms with Crippen molar-refractivity contribution in [2.24, 2.45) is 5.92 Å². The lowest BCUT2D eigenvalue weighted by Crippen LogP contribution is -2.51. The second-order valence-electron chi connectivity index (χ2n) is 5.47. The van der Waals surface area contributed by atoms with E-state index in [0.717, 1.165) is 25.9 Å². The number of piperidine rings is 1. The molecule has 1 rings (SSSR count). The molecule has 0 aromatic carbocycles. The Kier molecular flexibility index (Phi) is 5.92. The lowest BCUT2D eigenvalue weighted by atomic mass is 10.0. The van der Waals surface area contributed by atoms with E-state index in [2.05, 4.69) is 31.1 Å². The van der Waals surface area contributed by atoms with E-state index in [1.54, 1.807) is 0 Å². The molecule has 0 amide bonds. The lowest BCUT2D eigenvalue weighted by Gasteiger charge is -2.33. The van der Waals surface area contributed by atoms with Gasteiger partial charge in [0.1, 0.15) is 6.04 Å². The van der Waals surface area contributed by atoms with E-state index in [9.17, 15) is 4.79 Å². The van der Waals surface area contributed by atoms with Crippen LogP contribution in [0.25, 0.3) is 0 Å². The molecular formula is C13H26N2O2. The van der Waals surface area contributed by atoms with Crippen LogP contribution in [0, 0.1) is 5.92 Å². The fourth-order valence-corrected chi connectivity index (χ4v) is 2.43. The summed E-state index contributed by atoms with van der Waals surface area (Å²) in [7, 11) is 3.59. The monoisotopic (exact) mass is 242 g/mol. The highest BCUT2D eigenvalue weighted by atomic mass is 16.5. The Balaban J connectivity index is 2.49. The van der Waals surface area contributed by atoms with Gasteiger partial charge in [0.25, 0.3) is 0 Å². The second kappa shape index (κ2) is 6.97. The quantitative estimate of drug-likeness (QED) is 0.737. The fraction of sp³-hybridized carbons (Fsp3) is 0.923. The van der Waals surface area contributed by atoms with Gasteiger partial charge in [0.15, 0.2) is 0 Å². The van der Waals surface area contributed by atoms with Gasteiger partial charge in [-0.05, 0) is 38.8 Å². The summed E-state index contributed by atoms with van der Waals surface area (Å²) in [6, 6.07) is 0.257. The summed E-state index contributed by atoms with van der Waals surface area (Å²) in [6.45, 7) is 6.44. The SMILES string of the molecule is COC(=O)C(CC(C)C)NC1CCCN(C)C1. The number of ether oxygens (including phenoxy) is 1. The van der Waals surface area contributed by atoms with Crippen LogP contribution >= 0.6 is 0 Å². The number of methoxy groups -OCH3 is 1. The molecular weight excluding hydrogens is 216 g/mol. The fourth-order valence-electron chi connectivity index (χ4n) is 2.43. The van der Waals surface area contributed by atoms with Gasteiger partial charge in [-0.3, -0.25) is 4.79 Å². The van der Waals surface area contributed by atoms with Gasteiger partial charge in [-0.2, -0.15) is 0 Å². The van der Waals surface area contributed by atoms with Crippen molar-refractivity contribution in [2.75, 3.05) is 27.2 Å². The zero-order valence-corrected chi connectivity index (χ0v) is 11.5. The predicted molar refractivity (Wildman–Crippen MR) is 68.9 cm³/mol. The van der Waals surface area contributed by atoms with E-state index in [-0.39, 0.29) is 12.0 Å². The first-order valence-electron chi connectivity index (χ1n) is 6.55. The van der Waals surface area contributed by atoms with Crippen molar-refractivity contribution >= 4 is 5.97 Å². The van der Waals surface area contributed by atoms with E-state index in [1.807, 2.05) is 0 Å². The number of carbonyl (C=O) groups excluding carboxylic acids is 1. The van der Waals surface area contributed by atoms with Crippen LogP contribution < -0.4 is 5.32 Å². The molecule has 2 unspecified atom stereocenters. The highest BCUT2D eigenvalue weighted by Crippen LogP contribution is 2.12. The Hall–Kier alpha value is -0.610. The van der Waals surface area contributed by atoms with Crippen LogP contribution in [-0.2, 0) is 9.53 Å². The van der Waals surface area contributed by atoms with Crippen LogP contribution in [0.15, 0.2) is 0 Å². The maximum Gasteiger partial charge on any atom is 0.322 e. The highest BCUT2D eigenvalue weighted by Gasteiger charge is 2.25. The third-order valence-electron chi connectivity index (χ3n) is 3.25. The summed E-state index contributed by atoms with van der Waals surface area (Å²) in [5.41, 5.74) is 0. The van der Waals surface area contributed by atoms with Crippen molar-refractivity contribution in [1.29, 1.82) is 0 Å². The Bertz CT molecular complexity index is 244. The Morgan fingerprint density at radius 3 is 2.76 bits per heavy atom. The maximum atomic E-state index is 11.7. The molecule has 0 aromatic rings. The first-order valence-corrected chi connectivity index (χ1v) is 6.55. The minimum atomic E-state index is -0.156. The van der Waals surface area contributed by atoms with Crippen molar-refractivity contribution in [3.63, 3.8) is 0 Å². The minimum absolute atomic E-state index is 0.132. The number of likely N-dealkylation sites (tertiary alicyclic amines) is 1. The molecule has 0 radical (unpaired) electrons. The zero-order chi connectivity index (χ0) is 12.8. The normalized spacial score (nSPS) is 23.7. The topological polar surface area (TPSA) is 41.6 Å². The van der Waals surface area contributed by atoms with Crippen LogP contribution in [0.4, 0.5) is 0 Å². The lowest BCUT2D eigenvalue weighted by molar-refractivity contribution is -0.144. The smallest absolute Gasteiger partial charge is 0.322 e. The Labute approximate surface area is 105 Å². The highest BCUT2D eigenvalue weighted by molar-refractivity contribution is 5.75. The van der Waals surface area contributed by atoms with Gasteiger partial charge < -0.3 is 15.0 Å². The largest absolute Gasteiger partial charge is 0.468 e. The van der Waals surface area contributed by atoms with Gasteiger partial charge in [-0.15, -0.1) is 0 Å². The van der Waals surface area contributed by atoms with Crippen molar-refractivity contribution in [1.82, 2.24) is 10.2 Å². The molecule has 4 nitrogen and oxygen atoms in total. The zero-order valence-electron chi connectivity index (χ0n) is 11.5. The van der Waals surface area contributed by atoms with Gasteiger partial charge in [0.05, 0.1) is 7.11 Å². The third-order valence-corrected chi connectivity index (χ3v) is 3.25. The number of nitrogens with one attached hydrogen (secondary N) is 1. The van der Waals surface area contributed by atoms with E-state index >= 15 is 0 Å². The molecule has 17 heavy (non-hydrogen) atoms. The minimum Gasteiger partial charge on any atom is -0.468 e. The molecule has 4 heteroatoms. The number of hydrogen-bond acceptors (Lipinski definition) is 4. The molecule has 1 aliphatic heterocycles. The molecule has 0 saturated carbocycles. The third kappa shape index (κ3) is 5.04. The molecule has 0 spiro atoms. The van der Waals surface area contributed by atoms with Gasteiger partial charge >= 0.3 is 5.97 Å². The molecule has 1 aliphatic rings. The average molecular weight is 242 g/mol. The Morgan fingerprint density at radius 1 is 1.53 bits per heavy atom. The van der Waals surface area contributed by atoms with Crippen molar-refractivity contribution < 1.29 is 9.53 Å². The summed E-state index contributed by atoms with van der Waals surface area (Å²) in [5.74, 6) is 0.361. The first kappa shape index (κ1) is 14.5. The molecule has 0 bridgehead atoms. The van der Waals surface area contributed by atoms with E-state index < -0.39 is 0 Å². The van der Waals surface area contributed by atoms with Gasteiger partial charge in [0.2, 0.25) is 0 Å². The summed E-state index contributed by atoms with van der Waals surface area (Å²) >= 11 is 0. The molecule has 0 aliphatic carbocycles. The molecule has 1 fully saturated rings. The summed E-state index contributed by atoms with van der Waals surface area (Å²) in [4.78, 5) is 14.0. The van der Waals surface area contributed by atoms with E-state index in [0.29, 0.717) is 12.0 Å². The van der Waals surface area contributed by atoms with Gasteiger partial charge in [-0.1, -0.05) is 13.8 Å². The van der Waals surface area contributed by atoms with E-state index in [1.165, 1.54) is 13.5 Å². The van der Waals surface area contributed by atoms with Crippen molar-refractivity contribution in [2.45, 2.75) is 45.2 Å². The predicted octanol–water partition coefficient (Wildman–Crippen LogP) is 1.26. The van der Waals surface area contributed by atoms with Crippen molar-refractivity contribution in [3.05, 3.63) is 0 Å². The van der Waals surface area contributed by atoms with Gasteiger partial charge in [-0.25, -0.2) is 0 Å². The standard InChI is InChI=1S/C13H26N2O2/c1-10(2)8-12(13(16)17-4)14-11-6-5-7-15(3)9-11/h10-12,14H,5-9H2,1-4H3. The number of rotatable bonds is 5. The number of likely N-dealkylation sites (N-methyl/N-ethyl adjacent to an activating group) is 1. The maximum absolute atomic E-state index is 11.7. The first-order chi connectivity index (χ1) is 8.02.